The molecular formula is C18H24N4O. The normalized spacial score (nSPS) is 15.5. The fourth-order valence-corrected chi connectivity index (χ4v) is 2.73. The second-order valence-electron chi connectivity index (χ2n) is 5.99. The van der Waals surface area contributed by atoms with Gasteiger partial charge in [0.05, 0.1) is 6.61 Å². The van der Waals surface area contributed by atoms with Crippen LogP contribution in [0, 0.1) is 5.92 Å². The van der Waals surface area contributed by atoms with E-state index < -0.39 is 0 Å². The Bertz CT molecular complexity index is 621. The van der Waals surface area contributed by atoms with Crippen LogP contribution in [0.4, 0.5) is 17.5 Å². The second kappa shape index (κ2) is 7.31. The van der Waals surface area contributed by atoms with Gasteiger partial charge in [-0.15, -0.1) is 0 Å². The molecule has 0 bridgehead atoms. The van der Waals surface area contributed by atoms with Gasteiger partial charge >= 0.3 is 0 Å². The van der Waals surface area contributed by atoms with Crippen LogP contribution in [0.1, 0.15) is 26.7 Å². The van der Waals surface area contributed by atoms with E-state index in [4.69, 9.17) is 4.74 Å². The lowest BCUT2D eigenvalue weighted by molar-refractivity contribution is 0.340. The van der Waals surface area contributed by atoms with Crippen LogP contribution in [0.25, 0.3) is 0 Å². The molecule has 2 heterocycles. The molecule has 23 heavy (non-hydrogen) atoms. The van der Waals surface area contributed by atoms with Crippen molar-refractivity contribution >= 4 is 17.5 Å². The van der Waals surface area contributed by atoms with Crippen molar-refractivity contribution in [1.82, 2.24) is 9.97 Å². The minimum atomic E-state index is 0.677. The average Bonchev–Trinajstić information content (AvgIpc) is 2.58. The van der Waals surface area contributed by atoms with E-state index in [1.54, 1.807) is 0 Å². The molecule has 5 nitrogen and oxygen atoms in total. The highest BCUT2D eigenvalue weighted by atomic mass is 16.5. The fraction of sp³-hybridized carbons (Fsp3) is 0.444. The van der Waals surface area contributed by atoms with E-state index in [1.807, 2.05) is 43.5 Å². The quantitative estimate of drug-likeness (QED) is 0.908. The summed E-state index contributed by atoms with van der Waals surface area (Å²) < 4.78 is 5.46. The van der Waals surface area contributed by atoms with E-state index in [9.17, 15) is 0 Å². The number of rotatable bonds is 5. The summed E-state index contributed by atoms with van der Waals surface area (Å²) in [5.74, 6) is 3.31. The number of piperidine rings is 1. The van der Waals surface area contributed by atoms with E-state index >= 15 is 0 Å². The monoisotopic (exact) mass is 312 g/mol. The molecule has 1 aromatic heterocycles. The van der Waals surface area contributed by atoms with Crippen LogP contribution in [0.3, 0.4) is 0 Å². The maximum Gasteiger partial charge on any atom is 0.227 e. The Morgan fingerprint density at radius 3 is 2.61 bits per heavy atom. The van der Waals surface area contributed by atoms with E-state index in [0.717, 1.165) is 42.2 Å². The Morgan fingerprint density at radius 1 is 1.17 bits per heavy atom. The Labute approximate surface area is 137 Å². The van der Waals surface area contributed by atoms with Gasteiger partial charge in [0.2, 0.25) is 5.95 Å². The second-order valence-corrected chi connectivity index (χ2v) is 5.99. The molecule has 0 aliphatic carbocycles. The molecule has 2 aromatic rings. The number of nitrogens with zero attached hydrogens (tertiary/aromatic N) is 3. The summed E-state index contributed by atoms with van der Waals surface area (Å²) in [5.41, 5.74) is 0.991. The minimum Gasteiger partial charge on any atom is -0.494 e. The smallest absolute Gasteiger partial charge is 0.227 e. The Balaban J connectivity index is 1.67. The molecule has 0 spiro atoms. The summed E-state index contributed by atoms with van der Waals surface area (Å²) in [6, 6.07) is 9.80. The van der Waals surface area contributed by atoms with Crippen molar-refractivity contribution in [3.63, 3.8) is 0 Å². The van der Waals surface area contributed by atoms with Crippen molar-refractivity contribution in [2.45, 2.75) is 26.7 Å². The molecule has 1 fully saturated rings. The molecule has 122 valence electrons. The topological polar surface area (TPSA) is 50.3 Å². The van der Waals surface area contributed by atoms with E-state index in [2.05, 4.69) is 27.1 Å². The maximum atomic E-state index is 5.46. The van der Waals surface area contributed by atoms with Crippen LogP contribution in [-0.2, 0) is 0 Å². The highest BCUT2D eigenvalue weighted by Crippen LogP contribution is 2.23. The van der Waals surface area contributed by atoms with Crippen molar-refractivity contribution in [2.75, 3.05) is 29.9 Å². The van der Waals surface area contributed by atoms with Gasteiger partial charge in [0.15, 0.2) is 0 Å². The largest absolute Gasteiger partial charge is 0.494 e. The van der Waals surface area contributed by atoms with E-state index in [-0.39, 0.29) is 0 Å². The van der Waals surface area contributed by atoms with Crippen molar-refractivity contribution in [1.29, 1.82) is 0 Å². The Kier molecular flexibility index (Phi) is 4.95. The molecule has 5 heteroatoms. The molecule has 0 unspecified atom stereocenters. The van der Waals surface area contributed by atoms with Crippen LogP contribution in [0.2, 0.25) is 0 Å². The SMILES string of the molecule is CCOc1ccc(Nc2ccnc(N3CCC(C)CC3)n2)cc1. The Hall–Kier alpha value is -2.30. The lowest BCUT2D eigenvalue weighted by Crippen LogP contribution is -2.34. The van der Waals surface area contributed by atoms with Gasteiger partial charge in [0.1, 0.15) is 11.6 Å². The number of benzene rings is 1. The molecule has 1 aliphatic rings. The first-order valence-electron chi connectivity index (χ1n) is 8.32. The molecule has 3 rings (SSSR count). The molecule has 0 atom stereocenters. The van der Waals surface area contributed by atoms with Gasteiger partial charge in [-0.25, -0.2) is 4.98 Å². The zero-order valence-corrected chi connectivity index (χ0v) is 13.8. The van der Waals surface area contributed by atoms with Crippen molar-refractivity contribution in [3.05, 3.63) is 36.5 Å². The lowest BCUT2D eigenvalue weighted by Gasteiger charge is -2.30. The van der Waals surface area contributed by atoms with Gasteiger partial charge in [-0.3, -0.25) is 0 Å². The third-order valence-corrected chi connectivity index (χ3v) is 4.15. The maximum absolute atomic E-state index is 5.46. The predicted molar refractivity (Wildman–Crippen MR) is 93.5 cm³/mol. The minimum absolute atomic E-state index is 0.677. The summed E-state index contributed by atoms with van der Waals surface area (Å²) in [6.07, 6.45) is 4.23. The number of hydrogen-bond donors (Lipinski definition) is 1. The number of hydrogen-bond acceptors (Lipinski definition) is 5. The zero-order chi connectivity index (χ0) is 16.1. The van der Waals surface area contributed by atoms with Crippen molar-refractivity contribution < 1.29 is 4.74 Å². The van der Waals surface area contributed by atoms with Gasteiger partial charge in [-0.05, 0) is 56.0 Å². The molecule has 0 saturated carbocycles. The number of ether oxygens (including phenoxy) is 1. The molecular weight excluding hydrogens is 288 g/mol. The molecule has 1 N–H and O–H groups in total. The van der Waals surface area contributed by atoms with Crippen LogP contribution >= 0.6 is 0 Å². The van der Waals surface area contributed by atoms with Crippen LogP contribution in [-0.4, -0.2) is 29.7 Å². The zero-order valence-electron chi connectivity index (χ0n) is 13.8. The van der Waals surface area contributed by atoms with Gasteiger partial charge in [-0.2, -0.15) is 4.98 Å². The third kappa shape index (κ3) is 4.12. The number of anilines is 3. The van der Waals surface area contributed by atoms with Gasteiger partial charge in [-0.1, -0.05) is 6.92 Å². The first kappa shape index (κ1) is 15.6. The summed E-state index contributed by atoms with van der Waals surface area (Å²) in [6.45, 7) is 7.04. The predicted octanol–water partition coefficient (Wildman–Crippen LogP) is 3.86. The molecule has 0 radical (unpaired) electrons. The molecule has 0 amide bonds. The number of nitrogens with one attached hydrogen (secondary N) is 1. The summed E-state index contributed by atoms with van der Waals surface area (Å²) in [4.78, 5) is 11.3. The highest BCUT2D eigenvalue weighted by Gasteiger charge is 2.18. The van der Waals surface area contributed by atoms with Crippen molar-refractivity contribution in [3.8, 4) is 5.75 Å². The standard InChI is InChI=1S/C18H24N4O/c1-3-23-16-6-4-15(5-7-16)20-17-8-11-19-18(21-17)22-12-9-14(2)10-13-22/h4-8,11,14H,3,9-10,12-13H2,1-2H3,(H,19,20,21). The van der Waals surface area contributed by atoms with Gasteiger partial charge in [0.25, 0.3) is 0 Å². The first-order chi connectivity index (χ1) is 11.2. The molecule has 1 aliphatic heterocycles. The summed E-state index contributed by atoms with van der Waals surface area (Å²) in [5, 5.41) is 3.33. The fourth-order valence-electron chi connectivity index (χ4n) is 2.73. The number of aromatic nitrogens is 2. The molecule has 1 aromatic carbocycles. The average molecular weight is 312 g/mol. The van der Waals surface area contributed by atoms with Crippen LogP contribution in [0.15, 0.2) is 36.5 Å². The van der Waals surface area contributed by atoms with Crippen LogP contribution in [0.5, 0.6) is 5.75 Å². The third-order valence-electron chi connectivity index (χ3n) is 4.15. The van der Waals surface area contributed by atoms with Crippen LogP contribution < -0.4 is 15.0 Å². The summed E-state index contributed by atoms with van der Waals surface area (Å²) in [7, 11) is 0. The van der Waals surface area contributed by atoms with Crippen molar-refractivity contribution in [2.24, 2.45) is 5.92 Å². The first-order valence-corrected chi connectivity index (χ1v) is 8.32. The molecule has 1 saturated heterocycles. The van der Waals surface area contributed by atoms with Gasteiger partial charge < -0.3 is 15.0 Å². The summed E-state index contributed by atoms with van der Waals surface area (Å²) >= 11 is 0. The van der Waals surface area contributed by atoms with E-state index in [1.165, 1.54) is 12.8 Å². The van der Waals surface area contributed by atoms with E-state index in [0.29, 0.717) is 6.61 Å². The lowest BCUT2D eigenvalue weighted by atomic mass is 10.00. The highest BCUT2D eigenvalue weighted by molar-refractivity contribution is 5.58. The Morgan fingerprint density at radius 2 is 1.91 bits per heavy atom. The van der Waals surface area contributed by atoms with Gasteiger partial charge in [0, 0.05) is 25.0 Å².